The Balaban J connectivity index is 2.23. The fourth-order valence-corrected chi connectivity index (χ4v) is 3.22. The van der Waals surface area contributed by atoms with E-state index in [4.69, 9.17) is 4.74 Å². The Labute approximate surface area is 64.9 Å². The van der Waals surface area contributed by atoms with Gasteiger partial charge in [-0.25, -0.2) is 0 Å². The smallest absolute Gasteiger partial charge is 0.179 e. The maximum absolute atomic E-state index is 5.25. The predicted molar refractivity (Wildman–Crippen MR) is 44.1 cm³/mol. The van der Waals surface area contributed by atoms with E-state index < -0.39 is 0 Å². The molecule has 0 aromatic carbocycles. The Morgan fingerprint density at radius 2 is 2.30 bits per heavy atom. The first-order chi connectivity index (χ1) is 4.79. The van der Waals surface area contributed by atoms with Crippen LogP contribution in [0.5, 0.6) is 0 Å². The van der Waals surface area contributed by atoms with E-state index in [1.165, 1.54) is 13.0 Å². The molecule has 1 atom stereocenters. The molecule has 1 aliphatic heterocycles. The molecule has 10 heavy (non-hydrogen) atoms. The van der Waals surface area contributed by atoms with Gasteiger partial charge in [-0.3, -0.25) is 9.13 Å². The molecular weight excluding hydrogens is 144 g/mol. The second kappa shape index (κ2) is 3.48. The molecule has 0 aromatic rings. The van der Waals surface area contributed by atoms with Crippen molar-refractivity contribution in [3.8, 4) is 0 Å². The highest BCUT2D eigenvalue weighted by atomic mass is 28.2. The number of ether oxygens (including phenoxy) is 1. The second-order valence-corrected chi connectivity index (χ2v) is 4.87. The van der Waals surface area contributed by atoms with E-state index in [9.17, 15) is 0 Å². The van der Waals surface area contributed by atoms with Gasteiger partial charge in [0.2, 0.25) is 0 Å². The summed E-state index contributed by atoms with van der Waals surface area (Å²) >= 11 is 0. The molecule has 1 rings (SSSR count). The zero-order valence-electron chi connectivity index (χ0n) is 7.00. The highest BCUT2D eigenvalue weighted by Gasteiger charge is 2.32. The average molecular weight is 160 g/mol. The molecule has 1 fully saturated rings. The molecule has 0 N–H and O–H groups in total. The van der Waals surface area contributed by atoms with Crippen LogP contribution in [0.1, 0.15) is 13.3 Å². The molecule has 0 saturated carbocycles. The van der Waals surface area contributed by atoms with Gasteiger partial charge in [0.25, 0.3) is 0 Å². The lowest BCUT2D eigenvalue weighted by Crippen LogP contribution is -2.65. The summed E-state index contributed by atoms with van der Waals surface area (Å²) in [7, 11) is 3.82. The summed E-state index contributed by atoms with van der Waals surface area (Å²) in [4.78, 5) is 0. The third-order valence-electron chi connectivity index (χ3n) is 1.82. The largest absolute Gasteiger partial charge is 0.354 e. The summed E-state index contributed by atoms with van der Waals surface area (Å²) in [5.41, 5.74) is 0. The van der Waals surface area contributed by atoms with Gasteiger partial charge in [0.05, 0.1) is 0 Å². The molecule has 0 spiro atoms. The van der Waals surface area contributed by atoms with E-state index in [1.54, 1.807) is 7.11 Å². The number of methoxy groups -OCH3 is 1. The number of hydrogen-bond acceptors (Lipinski definition) is 3. The first-order valence-electron chi connectivity index (χ1n) is 3.76. The van der Waals surface area contributed by atoms with E-state index in [0.29, 0.717) is 6.35 Å². The summed E-state index contributed by atoms with van der Waals surface area (Å²) in [5, 5.41) is 0. The molecular formula is C6H16N2OSi. The maximum Gasteiger partial charge on any atom is 0.179 e. The van der Waals surface area contributed by atoms with Crippen molar-refractivity contribution in [3.05, 3.63) is 0 Å². The molecule has 1 aliphatic rings. The van der Waals surface area contributed by atoms with Crippen molar-refractivity contribution in [2.45, 2.75) is 19.7 Å². The number of hydrogen-bond donors (Lipinski definition) is 0. The van der Waals surface area contributed by atoms with Gasteiger partial charge in [-0.2, -0.15) is 0 Å². The van der Waals surface area contributed by atoms with Crippen LogP contribution in [0.4, 0.5) is 0 Å². The third kappa shape index (κ3) is 1.40. The van der Waals surface area contributed by atoms with Gasteiger partial charge in [0.1, 0.15) is 0 Å². The minimum absolute atomic E-state index is 0.0844. The Kier molecular flexibility index (Phi) is 2.85. The maximum atomic E-state index is 5.25. The summed E-state index contributed by atoms with van der Waals surface area (Å²) < 4.78 is 10.0. The fourth-order valence-electron chi connectivity index (χ4n) is 1.41. The molecule has 0 aliphatic carbocycles. The van der Waals surface area contributed by atoms with Crippen LogP contribution < -0.4 is 0 Å². The molecule has 0 aromatic heterocycles. The fraction of sp³-hybridized carbons (Fsp3) is 1.00. The van der Waals surface area contributed by atoms with Crippen molar-refractivity contribution in [3.63, 3.8) is 0 Å². The van der Waals surface area contributed by atoms with Gasteiger partial charge >= 0.3 is 0 Å². The van der Waals surface area contributed by atoms with E-state index in [0.717, 1.165) is 0 Å². The van der Waals surface area contributed by atoms with Gasteiger partial charge in [0.15, 0.2) is 16.2 Å². The van der Waals surface area contributed by atoms with Gasteiger partial charge in [-0.15, -0.1) is 0 Å². The van der Waals surface area contributed by atoms with Gasteiger partial charge in [0, 0.05) is 7.11 Å². The molecule has 0 radical (unpaired) electrons. The second-order valence-electron chi connectivity index (χ2n) is 2.77. The quantitative estimate of drug-likeness (QED) is 0.521. The molecule has 0 amide bonds. The SMILES string of the molecule is CCCN1[SiH2]N(C)C1OC. The molecule has 60 valence electrons. The van der Waals surface area contributed by atoms with Crippen molar-refractivity contribution >= 4 is 9.84 Å². The number of rotatable bonds is 3. The molecule has 0 bridgehead atoms. The zero-order chi connectivity index (χ0) is 7.56. The summed E-state index contributed by atoms with van der Waals surface area (Å²) in [6.07, 6.45) is 1.53. The molecule has 3 nitrogen and oxygen atoms in total. The van der Waals surface area contributed by atoms with Gasteiger partial charge in [-0.1, -0.05) is 6.92 Å². The van der Waals surface area contributed by atoms with Crippen LogP contribution in [-0.2, 0) is 4.74 Å². The zero-order valence-corrected chi connectivity index (χ0v) is 8.42. The molecule has 1 saturated heterocycles. The normalized spacial score (nSPS) is 30.9. The highest BCUT2D eigenvalue weighted by Crippen LogP contribution is 2.13. The lowest BCUT2D eigenvalue weighted by atomic mass is 10.5. The predicted octanol–water partition coefficient (Wildman–Crippen LogP) is -0.427. The minimum Gasteiger partial charge on any atom is -0.354 e. The average Bonchev–Trinajstić information content (AvgIpc) is 1.88. The van der Waals surface area contributed by atoms with Crippen LogP contribution in [0.2, 0.25) is 0 Å². The van der Waals surface area contributed by atoms with Crippen LogP contribution in [0.3, 0.4) is 0 Å². The monoisotopic (exact) mass is 160 g/mol. The van der Waals surface area contributed by atoms with Gasteiger partial charge in [-0.05, 0) is 20.0 Å². The Hall–Kier alpha value is 0.0969. The van der Waals surface area contributed by atoms with Crippen LogP contribution >= 0.6 is 0 Å². The van der Waals surface area contributed by atoms with E-state index in [-0.39, 0.29) is 9.84 Å². The Morgan fingerprint density at radius 1 is 1.60 bits per heavy atom. The lowest BCUT2D eigenvalue weighted by molar-refractivity contribution is -0.103. The van der Waals surface area contributed by atoms with Crippen molar-refractivity contribution in [1.29, 1.82) is 0 Å². The van der Waals surface area contributed by atoms with Crippen molar-refractivity contribution < 1.29 is 4.74 Å². The van der Waals surface area contributed by atoms with Gasteiger partial charge < -0.3 is 4.74 Å². The molecule has 1 heterocycles. The van der Waals surface area contributed by atoms with Crippen molar-refractivity contribution in [2.24, 2.45) is 0 Å². The van der Waals surface area contributed by atoms with E-state index in [2.05, 4.69) is 23.1 Å². The number of nitrogens with zero attached hydrogens (tertiary/aromatic N) is 2. The lowest BCUT2D eigenvalue weighted by Gasteiger charge is -2.47. The Morgan fingerprint density at radius 3 is 2.70 bits per heavy atom. The van der Waals surface area contributed by atoms with Crippen molar-refractivity contribution in [1.82, 2.24) is 9.13 Å². The minimum atomic E-state index is -0.0844. The van der Waals surface area contributed by atoms with Crippen LogP contribution in [-0.4, -0.2) is 46.0 Å². The van der Waals surface area contributed by atoms with Crippen LogP contribution in [0, 0.1) is 0 Å². The third-order valence-corrected chi connectivity index (χ3v) is 3.57. The summed E-state index contributed by atoms with van der Waals surface area (Å²) in [6.45, 7) is 3.41. The van der Waals surface area contributed by atoms with E-state index in [1.807, 2.05) is 0 Å². The summed E-state index contributed by atoms with van der Waals surface area (Å²) in [5.74, 6) is 0. The topological polar surface area (TPSA) is 15.7 Å². The first kappa shape index (κ1) is 8.20. The molecule has 1 unspecified atom stereocenters. The van der Waals surface area contributed by atoms with E-state index >= 15 is 0 Å². The Bertz CT molecular complexity index is 110. The molecule has 4 heteroatoms. The standard InChI is InChI=1S/C6H16N2OSi/c1-4-5-8-6(9-3)7(2)10-8/h6H,4-5,10H2,1-3H3. The first-order valence-corrected chi connectivity index (χ1v) is 5.03. The van der Waals surface area contributed by atoms with Crippen LogP contribution in [0.25, 0.3) is 0 Å². The van der Waals surface area contributed by atoms with Crippen LogP contribution in [0.15, 0.2) is 0 Å². The highest BCUT2D eigenvalue weighted by molar-refractivity contribution is 6.31. The summed E-state index contributed by atoms with van der Waals surface area (Å²) in [6, 6.07) is 0. The van der Waals surface area contributed by atoms with Crippen molar-refractivity contribution in [2.75, 3.05) is 20.7 Å².